The van der Waals surface area contributed by atoms with E-state index in [1.807, 2.05) is 17.7 Å². The van der Waals surface area contributed by atoms with Crippen LogP contribution in [0.15, 0.2) is 30.3 Å². The van der Waals surface area contributed by atoms with Crippen molar-refractivity contribution in [2.45, 2.75) is 76.8 Å². The van der Waals surface area contributed by atoms with Crippen LogP contribution in [0.3, 0.4) is 0 Å². The number of benzene rings is 2. The second-order valence-corrected chi connectivity index (χ2v) is 15.0. The maximum Gasteiger partial charge on any atom is 0.318 e. The molecule has 0 spiro atoms. The Morgan fingerprint density at radius 3 is 2.79 bits per heavy atom. The summed E-state index contributed by atoms with van der Waals surface area (Å²) in [6.45, 7) is 7.33. The van der Waals surface area contributed by atoms with Crippen molar-refractivity contribution >= 4 is 28.2 Å². The zero-order valence-corrected chi connectivity index (χ0v) is 30.8. The minimum atomic E-state index is -0.874. The number of hydrogen-bond acceptors (Lipinski definition) is 10. The first-order valence-electron chi connectivity index (χ1n) is 18.8. The number of anilines is 2. The van der Waals surface area contributed by atoms with Gasteiger partial charge in [-0.25, -0.2) is 8.78 Å². The van der Waals surface area contributed by atoms with Gasteiger partial charge in [0, 0.05) is 76.0 Å². The standard InChI is InChI=1S/C39H48F2N8O4/c1-4-29-31(41)8-7-25-17-28(50)19-34(35(25)29)46-14-9-30-33(23-46)42-38(53-24-39-10-5-12-48(39)21-26(40)20-39)43-36(30)47-11-6-13-49-27(22-47)18-32(44-49)37(51)45(2)15-16-52-3/h7-8,17-19,26,50H,4-6,9-16,20-24H2,1-3H3/t26-,39+/m1/s1. The van der Waals surface area contributed by atoms with Gasteiger partial charge in [-0.05, 0) is 67.8 Å². The number of fused-ring (bicyclic) bond motifs is 4. The maximum absolute atomic E-state index is 15.1. The number of aryl methyl sites for hydroxylation is 2. The van der Waals surface area contributed by atoms with Gasteiger partial charge in [0.15, 0.2) is 5.69 Å². The average molecular weight is 731 g/mol. The number of alkyl halides is 1. The molecule has 282 valence electrons. The number of phenols is 1. The molecule has 4 aliphatic heterocycles. The topological polar surface area (TPSA) is 112 Å². The van der Waals surface area contributed by atoms with E-state index in [4.69, 9.17) is 19.4 Å². The number of methoxy groups -OCH3 is 1. The van der Waals surface area contributed by atoms with Crippen LogP contribution >= 0.6 is 0 Å². The molecule has 2 atom stereocenters. The molecule has 0 saturated carbocycles. The minimum absolute atomic E-state index is 0.117. The van der Waals surface area contributed by atoms with E-state index < -0.39 is 6.17 Å². The third kappa shape index (κ3) is 6.64. The van der Waals surface area contributed by atoms with E-state index in [9.17, 15) is 14.3 Å². The summed E-state index contributed by atoms with van der Waals surface area (Å²) < 4.78 is 43.4. The summed E-state index contributed by atoms with van der Waals surface area (Å²) in [5, 5.41) is 17.0. The molecular weight excluding hydrogens is 682 g/mol. The van der Waals surface area contributed by atoms with E-state index in [0.29, 0.717) is 89.5 Å². The van der Waals surface area contributed by atoms with E-state index in [-0.39, 0.29) is 29.0 Å². The number of hydrogen-bond donors (Lipinski definition) is 1. The summed E-state index contributed by atoms with van der Waals surface area (Å²) in [5.41, 5.74) is 4.13. The SMILES string of the molecule is CCc1c(F)ccc2cc(O)cc(N3CCc4c(nc(OC[C@@]56CCCN5C[C@H](F)C6)nc4N4CCCn5nc(C(=O)N(C)CCOC)cc5C4)C3)c12. The van der Waals surface area contributed by atoms with Crippen LogP contribution in [0.25, 0.3) is 10.8 Å². The molecular formula is C39H48F2N8O4. The van der Waals surface area contributed by atoms with Gasteiger partial charge in [-0.15, -0.1) is 0 Å². The molecule has 12 nitrogen and oxygen atoms in total. The smallest absolute Gasteiger partial charge is 0.318 e. The first kappa shape index (κ1) is 35.5. The van der Waals surface area contributed by atoms with E-state index in [2.05, 4.69) is 19.8 Å². The first-order chi connectivity index (χ1) is 25.7. The van der Waals surface area contributed by atoms with Gasteiger partial charge in [-0.3, -0.25) is 14.4 Å². The molecule has 2 aromatic carbocycles. The van der Waals surface area contributed by atoms with E-state index >= 15 is 4.39 Å². The third-order valence-electron chi connectivity index (χ3n) is 11.6. The summed E-state index contributed by atoms with van der Waals surface area (Å²) in [6, 6.07) is 8.70. The summed E-state index contributed by atoms with van der Waals surface area (Å²) in [7, 11) is 3.36. The van der Waals surface area contributed by atoms with Crippen molar-refractivity contribution in [2.75, 3.05) is 69.9 Å². The Hall–Kier alpha value is -4.56. The number of nitrogens with zero attached hydrogens (tertiary/aromatic N) is 8. The zero-order chi connectivity index (χ0) is 36.9. The second kappa shape index (κ2) is 14.3. The lowest BCUT2D eigenvalue weighted by Crippen LogP contribution is -2.43. The van der Waals surface area contributed by atoms with Gasteiger partial charge in [0.1, 0.15) is 30.2 Å². The fourth-order valence-electron chi connectivity index (χ4n) is 8.91. The summed E-state index contributed by atoms with van der Waals surface area (Å²) in [4.78, 5) is 31.5. The molecule has 1 N–H and O–H groups in total. The molecule has 4 aromatic rings. The van der Waals surface area contributed by atoms with Crippen LogP contribution in [-0.2, 0) is 37.2 Å². The van der Waals surface area contributed by atoms with Gasteiger partial charge in [0.25, 0.3) is 5.91 Å². The predicted octanol–water partition coefficient (Wildman–Crippen LogP) is 4.88. The lowest BCUT2D eigenvalue weighted by Gasteiger charge is -2.35. The van der Waals surface area contributed by atoms with Crippen molar-refractivity contribution in [3.8, 4) is 11.8 Å². The van der Waals surface area contributed by atoms with Crippen molar-refractivity contribution in [3.63, 3.8) is 0 Å². The van der Waals surface area contributed by atoms with E-state index in [1.165, 1.54) is 6.07 Å². The quantitative estimate of drug-likeness (QED) is 0.243. The molecule has 6 heterocycles. The van der Waals surface area contributed by atoms with Crippen LogP contribution in [-0.4, -0.2) is 112 Å². The van der Waals surface area contributed by atoms with Gasteiger partial charge >= 0.3 is 6.01 Å². The number of ether oxygens (including phenoxy) is 2. The Bertz CT molecular complexity index is 2030. The summed E-state index contributed by atoms with van der Waals surface area (Å²) in [6.07, 6.45) is 3.36. The van der Waals surface area contributed by atoms with Gasteiger partial charge in [0.05, 0.1) is 36.6 Å². The minimum Gasteiger partial charge on any atom is -0.508 e. The Morgan fingerprint density at radius 1 is 1.09 bits per heavy atom. The number of aromatic hydroxyl groups is 1. The Kier molecular flexibility index (Phi) is 9.60. The van der Waals surface area contributed by atoms with Gasteiger partial charge in [-0.2, -0.15) is 15.1 Å². The molecule has 0 bridgehead atoms. The highest BCUT2D eigenvalue weighted by Gasteiger charge is 2.49. The number of carbonyl (C=O) groups excluding carboxylic acids is 1. The Balaban J connectivity index is 1.15. The van der Waals surface area contributed by atoms with Crippen LogP contribution in [0, 0.1) is 5.82 Å². The first-order valence-corrected chi connectivity index (χ1v) is 18.8. The van der Waals surface area contributed by atoms with E-state index in [0.717, 1.165) is 65.0 Å². The van der Waals surface area contributed by atoms with Crippen molar-refractivity contribution in [2.24, 2.45) is 0 Å². The molecule has 8 rings (SSSR count). The lowest BCUT2D eigenvalue weighted by atomic mass is 9.95. The molecule has 14 heteroatoms. The summed E-state index contributed by atoms with van der Waals surface area (Å²) in [5.74, 6) is 0.476. The largest absolute Gasteiger partial charge is 0.508 e. The number of carbonyl (C=O) groups is 1. The molecule has 0 aliphatic carbocycles. The highest BCUT2D eigenvalue weighted by molar-refractivity contribution is 5.98. The normalized spacial score (nSPS) is 21.4. The summed E-state index contributed by atoms with van der Waals surface area (Å²) >= 11 is 0. The molecule has 53 heavy (non-hydrogen) atoms. The number of aromatic nitrogens is 4. The van der Waals surface area contributed by atoms with Crippen LogP contribution in [0.5, 0.6) is 11.8 Å². The van der Waals surface area contributed by atoms with Crippen molar-refractivity contribution in [1.82, 2.24) is 29.5 Å². The fourth-order valence-corrected chi connectivity index (χ4v) is 8.91. The molecule has 1 amide bonds. The van der Waals surface area contributed by atoms with Gasteiger partial charge in [-0.1, -0.05) is 13.0 Å². The fraction of sp³-hybridized carbons (Fsp3) is 0.538. The predicted molar refractivity (Wildman–Crippen MR) is 197 cm³/mol. The molecule has 2 fully saturated rings. The van der Waals surface area contributed by atoms with Gasteiger partial charge < -0.3 is 29.3 Å². The highest BCUT2D eigenvalue weighted by Crippen LogP contribution is 2.42. The molecule has 2 aromatic heterocycles. The molecule has 2 saturated heterocycles. The van der Waals surface area contributed by atoms with Crippen molar-refractivity contribution in [3.05, 3.63) is 64.4 Å². The number of amides is 1. The highest BCUT2D eigenvalue weighted by atomic mass is 19.1. The number of rotatable bonds is 10. The Morgan fingerprint density at radius 2 is 1.96 bits per heavy atom. The third-order valence-corrected chi connectivity index (χ3v) is 11.6. The molecule has 4 aliphatic rings. The van der Waals surface area contributed by atoms with Crippen molar-refractivity contribution in [1.29, 1.82) is 0 Å². The van der Waals surface area contributed by atoms with Crippen LogP contribution < -0.4 is 14.5 Å². The second-order valence-electron chi connectivity index (χ2n) is 15.0. The maximum atomic E-state index is 15.1. The van der Waals surface area contributed by atoms with Gasteiger partial charge in [0.2, 0.25) is 0 Å². The average Bonchev–Trinajstić information content (AvgIpc) is 3.78. The molecule has 0 radical (unpaired) electrons. The number of phenolic OH excluding ortho intramolecular Hbond substituents is 1. The van der Waals surface area contributed by atoms with Crippen LogP contribution in [0.1, 0.15) is 65.6 Å². The monoisotopic (exact) mass is 730 g/mol. The molecule has 0 unspecified atom stereocenters. The van der Waals surface area contributed by atoms with E-state index in [1.54, 1.807) is 37.3 Å². The van der Waals surface area contributed by atoms with Crippen LogP contribution in [0.4, 0.5) is 20.3 Å². The lowest BCUT2D eigenvalue weighted by molar-refractivity contribution is 0.0737. The van der Waals surface area contributed by atoms with Crippen LogP contribution in [0.2, 0.25) is 0 Å². The number of halogens is 2. The zero-order valence-electron chi connectivity index (χ0n) is 30.8. The Labute approximate surface area is 308 Å². The van der Waals surface area contributed by atoms with Crippen molar-refractivity contribution < 1.29 is 28.2 Å². The number of likely N-dealkylation sites (N-methyl/N-ethyl adjacent to an activating group) is 1.